The summed E-state index contributed by atoms with van der Waals surface area (Å²) in [5.74, 6) is 0.128. The van der Waals surface area contributed by atoms with Gasteiger partial charge in [-0.3, -0.25) is 4.79 Å². The molecule has 0 spiro atoms. The van der Waals surface area contributed by atoms with Gasteiger partial charge in [-0.1, -0.05) is 13.8 Å². The van der Waals surface area contributed by atoms with Crippen LogP contribution in [0, 0.1) is 11.3 Å². The Balaban J connectivity index is 2.13. The molecule has 1 aliphatic carbocycles. The van der Waals surface area contributed by atoms with E-state index in [4.69, 9.17) is 5.11 Å². The molecule has 0 radical (unpaired) electrons. The average molecular weight is 282 g/mol. The van der Waals surface area contributed by atoms with Gasteiger partial charge in [-0.05, 0) is 44.4 Å². The molecule has 1 saturated carbocycles. The van der Waals surface area contributed by atoms with Crippen LogP contribution < -0.4 is 5.32 Å². The van der Waals surface area contributed by atoms with Crippen LogP contribution in [0.3, 0.4) is 0 Å². The summed E-state index contributed by atoms with van der Waals surface area (Å²) in [5, 5.41) is 11.7. The molecule has 20 heavy (non-hydrogen) atoms. The summed E-state index contributed by atoms with van der Waals surface area (Å²) in [6.45, 7) is 7.67. The van der Waals surface area contributed by atoms with E-state index >= 15 is 0 Å². The largest absolute Gasteiger partial charge is 0.465 e. The zero-order valence-electron chi connectivity index (χ0n) is 12.7. The van der Waals surface area contributed by atoms with E-state index in [9.17, 15) is 9.59 Å². The minimum atomic E-state index is -1.01. The lowest BCUT2D eigenvalue weighted by atomic mass is 9.70. The highest BCUT2D eigenvalue weighted by Gasteiger charge is 2.55. The van der Waals surface area contributed by atoms with Crippen molar-refractivity contribution >= 4 is 12.0 Å². The molecule has 1 heterocycles. The number of piperidine rings is 1. The Hall–Kier alpha value is -1.26. The van der Waals surface area contributed by atoms with Crippen molar-refractivity contribution in [3.63, 3.8) is 0 Å². The molecule has 2 unspecified atom stereocenters. The van der Waals surface area contributed by atoms with Crippen LogP contribution in [-0.4, -0.2) is 40.6 Å². The fourth-order valence-corrected chi connectivity index (χ4v) is 3.73. The Labute approximate surface area is 120 Å². The van der Waals surface area contributed by atoms with Crippen LogP contribution in [0.2, 0.25) is 0 Å². The minimum Gasteiger partial charge on any atom is -0.465 e. The molecular weight excluding hydrogens is 256 g/mol. The van der Waals surface area contributed by atoms with Gasteiger partial charge in [0.25, 0.3) is 0 Å². The highest BCUT2D eigenvalue weighted by Crippen LogP contribution is 2.50. The number of carbonyl (C=O) groups is 2. The van der Waals surface area contributed by atoms with Crippen molar-refractivity contribution in [3.8, 4) is 0 Å². The number of carbonyl (C=O) groups excluding carboxylic acids is 1. The smallest absolute Gasteiger partial charge is 0.405 e. The summed E-state index contributed by atoms with van der Waals surface area (Å²) >= 11 is 0. The molecule has 2 amide bonds. The third-order valence-electron chi connectivity index (χ3n) is 5.57. The minimum absolute atomic E-state index is 0.0857. The van der Waals surface area contributed by atoms with Crippen LogP contribution in [0.1, 0.15) is 52.9 Å². The van der Waals surface area contributed by atoms with Crippen molar-refractivity contribution in [3.05, 3.63) is 0 Å². The summed E-state index contributed by atoms with van der Waals surface area (Å²) in [6.07, 6.45) is 3.85. The Morgan fingerprint density at radius 2 is 1.75 bits per heavy atom. The highest BCUT2D eigenvalue weighted by atomic mass is 16.4. The van der Waals surface area contributed by atoms with Gasteiger partial charge >= 0.3 is 6.09 Å². The van der Waals surface area contributed by atoms with Gasteiger partial charge in [-0.25, -0.2) is 4.79 Å². The van der Waals surface area contributed by atoms with Crippen molar-refractivity contribution in [2.24, 2.45) is 11.3 Å². The van der Waals surface area contributed by atoms with Crippen LogP contribution in [0.25, 0.3) is 0 Å². The molecule has 2 atom stereocenters. The first-order valence-electron chi connectivity index (χ1n) is 7.58. The quantitative estimate of drug-likeness (QED) is 0.817. The molecule has 1 aliphatic heterocycles. The van der Waals surface area contributed by atoms with E-state index in [0.29, 0.717) is 0 Å². The van der Waals surface area contributed by atoms with Gasteiger partial charge in [0.15, 0.2) is 0 Å². The van der Waals surface area contributed by atoms with Gasteiger partial charge in [0.05, 0.1) is 0 Å². The number of nitrogens with zero attached hydrogens (tertiary/aromatic N) is 1. The molecule has 5 nitrogen and oxygen atoms in total. The monoisotopic (exact) mass is 282 g/mol. The fourth-order valence-electron chi connectivity index (χ4n) is 3.73. The van der Waals surface area contributed by atoms with Crippen molar-refractivity contribution in [1.82, 2.24) is 10.2 Å². The lowest BCUT2D eigenvalue weighted by Gasteiger charge is -2.42. The maximum absolute atomic E-state index is 12.7. The lowest BCUT2D eigenvalue weighted by Crippen LogP contribution is -2.56. The molecule has 2 N–H and O–H groups in total. The average Bonchev–Trinajstić information content (AvgIpc) is 2.60. The molecule has 1 saturated heterocycles. The van der Waals surface area contributed by atoms with Crippen molar-refractivity contribution in [1.29, 1.82) is 0 Å². The number of rotatable bonds is 2. The Kier molecular flexibility index (Phi) is 3.98. The maximum Gasteiger partial charge on any atom is 0.405 e. The number of amides is 2. The molecule has 2 fully saturated rings. The van der Waals surface area contributed by atoms with Crippen molar-refractivity contribution in [2.75, 3.05) is 13.1 Å². The Morgan fingerprint density at radius 3 is 2.30 bits per heavy atom. The van der Waals surface area contributed by atoms with Crippen LogP contribution in [0.5, 0.6) is 0 Å². The normalized spacial score (nSPS) is 33.0. The first kappa shape index (κ1) is 15.1. The molecule has 0 bridgehead atoms. The van der Waals surface area contributed by atoms with E-state index < -0.39 is 11.6 Å². The Bertz CT molecular complexity index is 402. The van der Waals surface area contributed by atoms with E-state index in [1.165, 1.54) is 6.42 Å². The topological polar surface area (TPSA) is 69.6 Å². The zero-order chi connectivity index (χ0) is 15.0. The van der Waals surface area contributed by atoms with Gasteiger partial charge in [-0.2, -0.15) is 0 Å². The van der Waals surface area contributed by atoms with E-state index in [1.807, 2.05) is 25.7 Å². The van der Waals surface area contributed by atoms with E-state index in [1.54, 1.807) is 0 Å². The lowest BCUT2D eigenvalue weighted by molar-refractivity contribution is -0.140. The van der Waals surface area contributed by atoms with E-state index in [0.717, 1.165) is 38.8 Å². The highest BCUT2D eigenvalue weighted by molar-refractivity contribution is 5.81. The van der Waals surface area contributed by atoms with Gasteiger partial charge in [-0.15, -0.1) is 0 Å². The van der Waals surface area contributed by atoms with Gasteiger partial charge < -0.3 is 15.3 Å². The van der Waals surface area contributed by atoms with E-state index in [2.05, 4.69) is 5.32 Å². The summed E-state index contributed by atoms with van der Waals surface area (Å²) < 4.78 is 0. The number of hydrogen-bond acceptors (Lipinski definition) is 2. The summed E-state index contributed by atoms with van der Waals surface area (Å²) in [7, 11) is 0. The second-order valence-electron chi connectivity index (χ2n) is 6.96. The number of carboxylic acid groups (broad SMARTS) is 1. The maximum atomic E-state index is 12.7. The summed E-state index contributed by atoms with van der Waals surface area (Å²) in [4.78, 5) is 25.7. The first-order valence-corrected chi connectivity index (χ1v) is 7.58. The third-order valence-corrected chi connectivity index (χ3v) is 5.57. The van der Waals surface area contributed by atoms with Gasteiger partial charge in [0, 0.05) is 24.5 Å². The van der Waals surface area contributed by atoms with Crippen molar-refractivity contribution < 1.29 is 14.7 Å². The van der Waals surface area contributed by atoms with Crippen LogP contribution >= 0.6 is 0 Å². The van der Waals surface area contributed by atoms with E-state index in [-0.39, 0.29) is 17.2 Å². The fraction of sp³-hybridized carbons (Fsp3) is 0.867. The standard InChI is InChI=1S/C15H26N2O3/c1-14(2)11(7-8-15(14,3)16-13(19)20)12(18)17-9-5-4-6-10-17/h11,16H,4-10H2,1-3H3,(H,19,20). The van der Waals surface area contributed by atoms with Crippen LogP contribution in [-0.2, 0) is 4.79 Å². The van der Waals surface area contributed by atoms with Crippen molar-refractivity contribution in [2.45, 2.75) is 58.4 Å². The molecular formula is C15H26N2O3. The molecule has 0 aromatic heterocycles. The number of nitrogens with one attached hydrogen (secondary N) is 1. The molecule has 114 valence electrons. The molecule has 0 aromatic rings. The number of likely N-dealkylation sites (tertiary alicyclic amines) is 1. The zero-order valence-corrected chi connectivity index (χ0v) is 12.7. The predicted octanol–water partition coefficient (Wildman–Crippen LogP) is 2.46. The second-order valence-corrected chi connectivity index (χ2v) is 6.96. The predicted molar refractivity (Wildman–Crippen MR) is 76.5 cm³/mol. The number of hydrogen-bond donors (Lipinski definition) is 2. The van der Waals surface area contributed by atoms with Crippen LogP contribution in [0.4, 0.5) is 4.79 Å². The molecule has 2 aliphatic rings. The van der Waals surface area contributed by atoms with Gasteiger partial charge in [0.2, 0.25) is 5.91 Å². The summed E-state index contributed by atoms with van der Waals surface area (Å²) in [5.41, 5.74) is -0.894. The Morgan fingerprint density at radius 1 is 1.15 bits per heavy atom. The van der Waals surface area contributed by atoms with Gasteiger partial charge in [0.1, 0.15) is 0 Å². The second kappa shape index (κ2) is 5.26. The van der Waals surface area contributed by atoms with Crippen LogP contribution in [0.15, 0.2) is 0 Å². The third kappa shape index (κ3) is 2.50. The molecule has 0 aromatic carbocycles. The summed E-state index contributed by atoms with van der Waals surface area (Å²) in [6, 6.07) is 0. The molecule has 5 heteroatoms. The first-order chi connectivity index (χ1) is 9.28. The SMILES string of the molecule is CC1(NC(=O)O)CCC(C(=O)N2CCCCC2)C1(C)C. The molecule has 2 rings (SSSR count).